The first-order valence-corrected chi connectivity index (χ1v) is 12.0. The summed E-state index contributed by atoms with van der Waals surface area (Å²) in [7, 11) is -4.04. The number of nitrogens with one attached hydrogen (secondary N) is 1. The number of hydrogen-bond acceptors (Lipinski definition) is 7. The van der Waals surface area contributed by atoms with Gasteiger partial charge in [-0.15, -0.1) is 0 Å². The number of benzene rings is 2. The number of nitrogens with zero attached hydrogens (tertiary/aromatic N) is 3. The highest BCUT2D eigenvalue weighted by Gasteiger charge is 2.38. The van der Waals surface area contributed by atoms with Crippen molar-refractivity contribution in [1.82, 2.24) is 4.90 Å². The van der Waals surface area contributed by atoms with Crippen LogP contribution < -0.4 is 9.62 Å². The minimum Gasteiger partial charge on any atom is -0.478 e. The number of anilines is 2. The number of hydrogen-bond donors (Lipinski definition) is 3. The molecular weight excluding hydrogens is 524 g/mol. The Morgan fingerprint density at radius 1 is 1.03 bits per heavy atom. The van der Waals surface area contributed by atoms with E-state index in [0.717, 1.165) is 24.3 Å². The van der Waals surface area contributed by atoms with Crippen molar-refractivity contribution >= 4 is 33.3 Å². The van der Waals surface area contributed by atoms with Crippen LogP contribution in [0.25, 0.3) is 0 Å². The molecule has 1 aliphatic rings. The Kier molecular flexibility index (Phi) is 9.81. The van der Waals surface area contributed by atoms with Crippen molar-refractivity contribution in [1.29, 1.82) is 5.26 Å². The molecule has 200 valence electrons. The lowest BCUT2D eigenvalue weighted by Crippen LogP contribution is -2.46. The average molecular weight is 546 g/mol. The Labute approximate surface area is 209 Å². The highest BCUT2D eigenvalue weighted by atomic mass is 32.2. The second-order valence-electron chi connectivity index (χ2n) is 7.64. The molecule has 0 bridgehead atoms. The Morgan fingerprint density at radius 2 is 1.59 bits per heavy atom. The van der Waals surface area contributed by atoms with Crippen LogP contribution in [0.5, 0.6) is 0 Å². The van der Waals surface area contributed by atoms with E-state index in [4.69, 9.17) is 15.2 Å². The number of sulfonamides is 1. The van der Waals surface area contributed by atoms with Gasteiger partial charge >= 0.3 is 18.1 Å². The van der Waals surface area contributed by atoms with Gasteiger partial charge in [-0.25, -0.2) is 22.4 Å². The molecule has 1 fully saturated rings. The van der Waals surface area contributed by atoms with Gasteiger partial charge in [0.1, 0.15) is 5.82 Å². The van der Waals surface area contributed by atoms with Crippen LogP contribution in [0, 0.1) is 17.1 Å². The second-order valence-corrected chi connectivity index (χ2v) is 9.32. The van der Waals surface area contributed by atoms with E-state index in [0.29, 0.717) is 44.8 Å². The Morgan fingerprint density at radius 3 is 2.08 bits per heavy atom. The number of rotatable bonds is 7. The molecule has 3 N–H and O–H groups in total. The van der Waals surface area contributed by atoms with Crippen molar-refractivity contribution < 1.29 is 45.8 Å². The maximum Gasteiger partial charge on any atom is 0.490 e. The first kappa shape index (κ1) is 29.3. The molecule has 10 nitrogen and oxygen atoms in total. The van der Waals surface area contributed by atoms with Crippen LogP contribution in [0.4, 0.5) is 28.9 Å². The van der Waals surface area contributed by atoms with Crippen molar-refractivity contribution in [3.8, 4) is 6.07 Å². The van der Waals surface area contributed by atoms with E-state index >= 15 is 0 Å². The average Bonchev–Trinajstić information content (AvgIpc) is 2.83. The van der Waals surface area contributed by atoms with E-state index in [1.807, 2.05) is 4.90 Å². The lowest BCUT2D eigenvalue weighted by molar-refractivity contribution is -0.192. The van der Waals surface area contributed by atoms with E-state index in [-0.39, 0.29) is 16.1 Å². The zero-order valence-corrected chi connectivity index (χ0v) is 19.9. The third-order valence-electron chi connectivity index (χ3n) is 5.11. The van der Waals surface area contributed by atoms with Crippen molar-refractivity contribution in [3.63, 3.8) is 0 Å². The molecular formula is C22H22F4N4O6S. The summed E-state index contributed by atoms with van der Waals surface area (Å²) in [4.78, 5) is 24.3. The molecule has 1 heterocycles. The fourth-order valence-electron chi connectivity index (χ4n) is 3.26. The molecule has 0 radical (unpaired) electrons. The summed E-state index contributed by atoms with van der Waals surface area (Å²) >= 11 is 0. The number of carbonyl (C=O) groups is 2. The van der Waals surface area contributed by atoms with Gasteiger partial charge in [0.15, 0.2) is 0 Å². The molecule has 0 aromatic heterocycles. The van der Waals surface area contributed by atoms with Gasteiger partial charge in [-0.2, -0.15) is 18.4 Å². The largest absolute Gasteiger partial charge is 0.490 e. The van der Waals surface area contributed by atoms with Gasteiger partial charge in [0, 0.05) is 39.1 Å². The molecule has 37 heavy (non-hydrogen) atoms. The highest BCUT2D eigenvalue weighted by Crippen LogP contribution is 2.30. The van der Waals surface area contributed by atoms with Crippen LogP contribution in [0.2, 0.25) is 0 Å². The monoisotopic (exact) mass is 546 g/mol. The molecule has 1 saturated heterocycles. The van der Waals surface area contributed by atoms with Crippen LogP contribution in [0.15, 0.2) is 47.4 Å². The number of aliphatic carboxylic acids is 1. The standard InChI is InChI=1S/C20H21FN4O4S.C2HF3O2/c21-16-3-5-17(6-4-16)30(28,29)23-18-14-15(20(26)27)2-7-19(18)25-12-10-24(11-13-25)9-1-8-22;3-2(4,5)1(6)7/h2-7,14,23H,1,9-13H2,(H,26,27);(H,6,7). The topological polar surface area (TPSA) is 151 Å². The van der Waals surface area contributed by atoms with Gasteiger partial charge in [-0.3, -0.25) is 9.62 Å². The summed E-state index contributed by atoms with van der Waals surface area (Å²) in [5.41, 5.74) is 0.651. The molecule has 0 unspecified atom stereocenters. The predicted molar refractivity (Wildman–Crippen MR) is 123 cm³/mol. The van der Waals surface area contributed by atoms with Crippen LogP contribution in [-0.4, -0.2) is 74.4 Å². The number of nitriles is 1. The van der Waals surface area contributed by atoms with Crippen LogP contribution in [0.3, 0.4) is 0 Å². The van der Waals surface area contributed by atoms with E-state index in [1.165, 1.54) is 12.1 Å². The summed E-state index contributed by atoms with van der Waals surface area (Å²) in [6.07, 6.45) is -4.64. The number of aromatic carboxylic acids is 1. The summed E-state index contributed by atoms with van der Waals surface area (Å²) in [6.45, 7) is 3.28. The highest BCUT2D eigenvalue weighted by molar-refractivity contribution is 7.92. The number of alkyl halides is 3. The lowest BCUT2D eigenvalue weighted by atomic mass is 10.1. The second kappa shape index (κ2) is 12.4. The molecule has 0 aliphatic carbocycles. The van der Waals surface area contributed by atoms with Crippen LogP contribution in [-0.2, 0) is 14.8 Å². The first-order chi connectivity index (χ1) is 17.2. The van der Waals surface area contributed by atoms with Crippen LogP contribution in [0.1, 0.15) is 16.8 Å². The van der Waals surface area contributed by atoms with Gasteiger partial charge in [0.25, 0.3) is 10.0 Å². The molecule has 15 heteroatoms. The molecule has 0 spiro atoms. The third kappa shape index (κ3) is 8.62. The summed E-state index contributed by atoms with van der Waals surface area (Å²) in [5.74, 6) is -4.49. The normalized spacial score (nSPS) is 14.2. The van der Waals surface area contributed by atoms with Crippen LogP contribution >= 0.6 is 0 Å². The van der Waals surface area contributed by atoms with E-state index < -0.39 is 34.0 Å². The Hall–Kier alpha value is -3.90. The molecule has 0 saturated carbocycles. The summed E-state index contributed by atoms with van der Waals surface area (Å²) in [5, 5.41) is 25.2. The number of carboxylic acid groups (broad SMARTS) is 2. The van der Waals surface area contributed by atoms with Gasteiger partial charge in [-0.05, 0) is 42.5 Å². The summed E-state index contributed by atoms with van der Waals surface area (Å²) in [6, 6.07) is 10.8. The third-order valence-corrected chi connectivity index (χ3v) is 6.49. The predicted octanol–water partition coefficient (Wildman–Crippen LogP) is 2.99. The summed E-state index contributed by atoms with van der Waals surface area (Å²) < 4.78 is 72.9. The van der Waals surface area contributed by atoms with Gasteiger partial charge in [0.2, 0.25) is 0 Å². The van der Waals surface area contributed by atoms with Crippen molar-refractivity contribution in [3.05, 3.63) is 53.8 Å². The van der Waals surface area contributed by atoms with Gasteiger partial charge in [-0.1, -0.05) is 0 Å². The smallest absolute Gasteiger partial charge is 0.478 e. The van der Waals surface area contributed by atoms with Gasteiger partial charge < -0.3 is 15.1 Å². The molecule has 0 atom stereocenters. The number of halogens is 4. The molecule has 3 rings (SSSR count). The maximum atomic E-state index is 13.2. The number of carboxylic acids is 2. The minimum absolute atomic E-state index is 0.0526. The first-order valence-electron chi connectivity index (χ1n) is 10.5. The molecule has 2 aromatic rings. The molecule has 1 aliphatic heterocycles. The SMILES string of the molecule is N#CCCN1CCN(c2ccc(C(=O)O)cc2NS(=O)(=O)c2ccc(F)cc2)CC1.O=C(O)C(F)(F)F. The van der Waals surface area contributed by atoms with E-state index in [2.05, 4.69) is 15.7 Å². The Bertz CT molecular complexity index is 1260. The fraction of sp³-hybridized carbons (Fsp3) is 0.318. The minimum atomic E-state index is -5.08. The van der Waals surface area contributed by atoms with Crippen molar-refractivity contribution in [2.24, 2.45) is 0 Å². The lowest BCUT2D eigenvalue weighted by Gasteiger charge is -2.36. The van der Waals surface area contributed by atoms with Crippen molar-refractivity contribution in [2.75, 3.05) is 42.3 Å². The molecule has 2 aromatic carbocycles. The van der Waals surface area contributed by atoms with E-state index in [9.17, 15) is 35.9 Å². The fourth-order valence-corrected chi connectivity index (χ4v) is 4.33. The zero-order chi connectivity index (χ0) is 27.8. The maximum absolute atomic E-state index is 13.2. The van der Waals surface area contributed by atoms with Crippen molar-refractivity contribution in [2.45, 2.75) is 17.5 Å². The molecule has 0 amide bonds. The number of piperazine rings is 1. The van der Waals surface area contributed by atoms with E-state index in [1.54, 1.807) is 6.07 Å². The van der Waals surface area contributed by atoms with Gasteiger partial charge in [0.05, 0.1) is 27.9 Å². The quantitative estimate of drug-likeness (QED) is 0.445. The Balaban J connectivity index is 0.000000604. The zero-order valence-electron chi connectivity index (χ0n) is 19.1.